The van der Waals surface area contributed by atoms with Gasteiger partial charge in [-0.05, 0) is 75.5 Å². The largest absolute Gasteiger partial charge is 0.278 e. The van der Waals surface area contributed by atoms with Crippen molar-refractivity contribution in [3.05, 3.63) is 315 Å². The summed E-state index contributed by atoms with van der Waals surface area (Å²) in [5, 5.41) is 15.0. The van der Waals surface area contributed by atoms with Crippen LogP contribution in [0.2, 0.25) is 0 Å². The molecule has 0 radical (unpaired) electrons. The molecule has 0 aliphatic heterocycles. The van der Waals surface area contributed by atoms with Crippen molar-refractivity contribution in [3.63, 3.8) is 0 Å². The molecule has 2 aromatic heterocycles. The van der Waals surface area contributed by atoms with Gasteiger partial charge in [0.2, 0.25) is 5.95 Å². The Morgan fingerprint density at radius 3 is 1.00 bits per heavy atom. The average Bonchev–Trinajstić information content (AvgIpc) is 3.90. The van der Waals surface area contributed by atoms with Gasteiger partial charge in [-0.15, -0.1) is 0 Å². The first-order chi connectivity index (χ1) is 39.2. The van der Waals surface area contributed by atoms with Gasteiger partial charge in [-0.3, -0.25) is 4.57 Å². The summed E-state index contributed by atoms with van der Waals surface area (Å²) in [6.45, 7) is 0. The second-order valence-corrected chi connectivity index (χ2v) is 27.9. The zero-order valence-electron chi connectivity index (χ0n) is 43.3. The van der Waals surface area contributed by atoms with Crippen LogP contribution in [0.3, 0.4) is 0 Å². The fraction of sp³-hybridized carbons (Fsp3) is 0. The summed E-state index contributed by atoms with van der Waals surface area (Å²) < 4.78 is 2.22. The van der Waals surface area contributed by atoms with E-state index in [0.717, 1.165) is 32.9 Å². The highest BCUT2D eigenvalue weighted by Gasteiger charge is 2.43. The van der Waals surface area contributed by atoms with Gasteiger partial charge in [-0.2, -0.15) is 9.97 Å². The van der Waals surface area contributed by atoms with E-state index < -0.39 is 16.1 Å². The number of fused-ring (bicyclic) bond motifs is 4. The Morgan fingerprint density at radius 1 is 0.241 bits per heavy atom. The third-order valence-corrected chi connectivity index (χ3v) is 25.5. The Morgan fingerprint density at radius 2 is 0.557 bits per heavy atom. The summed E-state index contributed by atoms with van der Waals surface area (Å²) in [4.78, 5) is 16.7. The second-order valence-electron chi connectivity index (χ2n) is 20.3. The first kappa shape index (κ1) is 47.6. The van der Waals surface area contributed by atoms with Crippen LogP contribution in [0.1, 0.15) is 0 Å². The zero-order valence-corrected chi connectivity index (χ0v) is 45.3. The van der Waals surface area contributed by atoms with Crippen molar-refractivity contribution in [1.29, 1.82) is 0 Å². The number of aromatic nitrogens is 4. The maximum atomic E-state index is 5.60. The van der Waals surface area contributed by atoms with Gasteiger partial charge in [0, 0.05) is 21.9 Å². The lowest BCUT2D eigenvalue weighted by atomic mass is 9.98. The molecule has 4 nitrogen and oxygen atoms in total. The number of para-hydroxylation sites is 2. The molecule has 6 heteroatoms. The Balaban J connectivity index is 1.02. The quantitative estimate of drug-likeness (QED) is 0.0905. The first-order valence-electron chi connectivity index (χ1n) is 27.0. The van der Waals surface area contributed by atoms with Gasteiger partial charge in [0.25, 0.3) is 0 Å². The van der Waals surface area contributed by atoms with E-state index in [1.165, 1.54) is 63.4 Å². The second kappa shape index (κ2) is 20.3. The lowest BCUT2D eigenvalue weighted by Crippen LogP contribution is -2.74. The topological polar surface area (TPSA) is 43.6 Å². The Hall–Kier alpha value is -9.86. The molecule has 0 fully saturated rings. The van der Waals surface area contributed by atoms with Crippen LogP contribution in [-0.2, 0) is 0 Å². The predicted molar refractivity (Wildman–Crippen MR) is 335 cm³/mol. The first-order valence-corrected chi connectivity index (χ1v) is 31.0. The number of rotatable bonds is 12. The molecule has 372 valence electrons. The maximum absolute atomic E-state index is 5.60. The lowest BCUT2D eigenvalue weighted by Gasteiger charge is -2.35. The molecule has 14 rings (SSSR count). The van der Waals surface area contributed by atoms with Gasteiger partial charge >= 0.3 is 0 Å². The van der Waals surface area contributed by atoms with Crippen LogP contribution in [0.5, 0.6) is 0 Å². The van der Waals surface area contributed by atoms with Crippen LogP contribution >= 0.6 is 0 Å². The molecule has 0 aliphatic carbocycles. The maximum Gasteiger partial charge on any atom is 0.238 e. The normalized spacial score (nSPS) is 11.8. The molecule has 0 spiro atoms. The molecule has 0 amide bonds. The van der Waals surface area contributed by atoms with Crippen molar-refractivity contribution >= 4 is 90.2 Å². The molecule has 12 aromatic carbocycles. The molecule has 0 unspecified atom stereocenters. The highest BCUT2D eigenvalue weighted by Crippen LogP contribution is 2.33. The summed E-state index contributed by atoms with van der Waals surface area (Å²) in [7, 11) is -6.03. The summed E-state index contributed by atoms with van der Waals surface area (Å²) in [5.74, 6) is 1.76. The van der Waals surface area contributed by atoms with E-state index in [4.69, 9.17) is 15.0 Å². The number of hydrogen-bond acceptors (Lipinski definition) is 3. The molecule has 0 atom stereocenters. The SMILES string of the molecule is c1ccc([Si](c2ccccc2)(c2ccccc2)c2cccc(-c3nc(-c4cccc([Si](c5ccccc5)(c5ccccc5)c5cccc(-c6cccc7ccccc67)c5)c4)nc(-n4c5ccccc5c5ccccc54)n3)c2)cc1. The van der Waals surface area contributed by atoms with Crippen LogP contribution in [-0.4, -0.2) is 35.7 Å². The standard InChI is InChI=1S/C73H52N4Si2/c1-6-31-57(32-7-1)78(58-33-8-2-9-34-58,59-35-10-3-11-36-59)63-42-23-29-55(51-63)71-74-72(76-73(75-71)77-69-48-20-18-45-67(69)68-46-19-21-49-70(68)77)56-30-24-43-64(52-56)79(60-37-12-4-13-38-60,61-39-14-5-15-40-61)62-41-22-28-54(50-62)66-47-25-27-53-26-16-17-44-65(53)66/h1-52H. The highest BCUT2D eigenvalue weighted by molar-refractivity contribution is 7.20. The minimum atomic E-state index is -3.11. The minimum absolute atomic E-state index is 0.559. The molecule has 14 aromatic rings. The molecular weight excluding hydrogens is 989 g/mol. The Kier molecular flexibility index (Phi) is 12.2. The molecule has 0 bridgehead atoms. The Bertz CT molecular complexity index is 4300. The highest BCUT2D eigenvalue weighted by atomic mass is 28.3. The van der Waals surface area contributed by atoms with Crippen molar-refractivity contribution in [3.8, 4) is 39.9 Å². The van der Waals surface area contributed by atoms with Crippen LogP contribution in [0.4, 0.5) is 0 Å². The van der Waals surface area contributed by atoms with E-state index >= 15 is 0 Å². The molecule has 2 heterocycles. The van der Waals surface area contributed by atoms with E-state index in [9.17, 15) is 0 Å². The third kappa shape index (κ3) is 8.16. The molecule has 0 N–H and O–H groups in total. The predicted octanol–water partition coefficient (Wildman–Crippen LogP) is 11.9. The van der Waals surface area contributed by atoms with Crippen molar-refractivity contribution in [2.45, 2.75) is 0 Å². The minimum Gasteiger partial charge on any atom is -0.278 e. The summed E-state index contributed by atoms with van der Waals surface area (Å²) >= 11 is 0. The van der Waals surface area contributed by atoms with Crippen molar-refractivity contribution in [1.82, 2.24) is 19.5 Å². The van der Waals surface area contributed by atoms with Gasteiger partial charge in [-0.1, -0.05) is 303 Å². The van der Waals surface area contributed by atoms with Gasteiger partial charge in [0.15, 0.2) is 27.8 Å². The third-order valence-electron chi connectivity index (χ3n) is 15.9. The van der Waals surface area contributed by atoms with Crippen LogP contribution < -0.4 is 41.5 Å². The van der Waals surface area contributed by atoms with E-state index in [1.54, 1.807) is 0 Å². The molecular formula is C73H52N4Si2. The monoisotopic (exact) mass is 1040 g/mol. The van der Waals surface area contributed by atoms with Crippen molar-refractivity contribution < 1.29 is 0 Å². The van der Waals surface area contributed by atoms with E-state index in [0.29, 0.717) is 17.6 Å². The number of hydrogen-bond donors (Lipinski definition) is 0. The van der Waals surface area contributed by atoms with E-state index in [2.05, 4.69) is 320 Å². The van der Waals surface area contributed by atoms with Crippen molar-refractivity contribution in [2.75, 3.05) is 0 Å². The molecule has 79 heavy (non-hydrogen) atoms. The molecule has 0 saturated carbocycles. The smallest absolute Gasteiger partial charge is 0.238 e. The van der Waals surface area contributed by atoms with Crippen LogP contribution in [0.25, 0.3) is 72.4 Å². The number of nitrogens with zero attached hydrogens (tertiary/aromatic N) is 4. The summed E-state index contributed by atoms with van der Waals surface area (Å²) in [6, 6.07) is 115. The van der Waals surface area contributed by atoms with Gasteiger partial charge in [0.05, 0.1) is 11.0 Å². The van der Waals surface area contributed by atoms with Crippen molar-refractivity contribution in [2.24, 2.45) is 0 Å². The van der Waals surface area contributed by atoms with Gasteiger partial charge in [-0.25, -0.2) is 4.98 Å². The Labute approximate surface area is 462 Å². The summed E-state index contributed by atoms with van der Waals surface area (Å²) in [6.07, 6.45) is 0. The lowest BCUT2D eigenvalue weighted by molar-refractivity contribution is 0.953. The fourth-order valence-electron chi connectivity index (χ4n) is 12.5. The van der Waals surface area contributed by atoms with E-state index in [1.807, 2.05) is 0 Å². The molecule has 0 aliphatic rings. The van der Waals surface area contributed by atoms with Crippen LogP contribution in [0.15, 0.2) is 315 Å². The number of benzene rings is 12. The zero-order chi connectivity index (χ0) is 52.6. The average molecular weight is 1040 g/mol. The van der Waals surface area contributed by atoms with E-state index in [-0.39, 0.29) is 0 Å². The van der Waals surface area contributed by atoms with Crippen LogP contribution in [0, 0.1) is 0 Å². The summed E-state index contributed by atoms with van der Waals surface area (Å²) in [5.41, 5.74) is 6.30. The van der Waals surface area contributed by atoms with Gasteiger partial charge in [0.1, 0.15) is 0 Å². The fourth-order valence-corrected chi connectivity index (χ4v) is 22.1. The van der Waals surface area contributed by atoms with Gasteiger partial charge < -0.3 is 0 Å². The molecule has 0 saturated heterocycles.